The van der Waals surface area contributed by atoms with Gasteiger partial charge in [0.15, 0.2) is 0 Å². The molecule has 0 aromatic heterocycles. The third-order valence-corrected chi connectivity index (χ3v) is 2.86. The van der Waals surface area contributed by atoms with Gasteiger partial charge in [0.25, 0.3) is 5.91 Å². The number of hydrogen-bond acceptors (Lipinski definition) is 2. The molecule has 0 unspecified atom stereocenters. The molecule has 1 aromatic carbocycles. The minimum absolute atomic E-state index is 0.403. The van der Waals surface area contributed by atoms with Gasteiger partial charge in [-0.05, 0) is 31.0 Å². The number of hydrogen-bond donors (Lipinski definition) is 2. The second-order valence-electron chi connectivity index (χ2n) is 4.11. The second-order valence-corrected chi connectivity index (χ2v) is 4.55. The summed E-state index contributed by atoms with van der Waals surface area (Å²) < 4.78 is 0. The zero-order valence-electron chi connectivity index (χ0n) is 10.4. The van der Waals surface area contributed by atoms with Gasteiger partial charge in [0.2, 0.25) is 0 Å². The van der Waals surface area contributed by atoms with Crippen molar-refractivity contribution in [3.63, 3.8) is 0 Å². The molecule has 0 aliphatic rings. The molecule has 1 aromatic rings. The van der Waals surface area contributed by atoms with Gasteiger partial charge in [-0.15, -0.1) is 0 Å². The van der Waals surface area contributed by atoms with Crippen LogP contribution in [0.25, 0.3) is 0 Å². The maximum Gasteiger partial charge on any atom is 0.326 e. The van der Waals surface area contributed by atoms with E-state index in [1.54, 1.807) is 19.1 Å². The number of carboxylic acid groups (broad SMARTS) is 1. The van der Waals surface area contributed by atoms with E-state index in [9.17, 15) is 9.59 Å². The maximum atomic E-state index is 12.0. The molecule has 0 bridgehead atoms. The SMILES string of the molecule is CCC[C@@H](NC(=O)c1cc(Cl)ccc1C)C(=O)O. The lowest BCUT2D eigenvalue weighted by Crippen LogP contribution is -2.40. The normalized spacial score (nSPS) is 11.9. The number of aliphatic carboxylic acids is 1. The molecule has 18 heavy (non-hydrogen) atoms. The number of halogens is 1. The van der Waals surface area contributed by atoms with Crippen molar-refractivity contribution in [3.8, 4) is 0 Å². The van der Waals surface area contributed by atoms with Crippen molar-refractivity contribution in [2.75, 3.05) is 0 Å². The predicted molar refractivity (Wildman–Crippen MR) is 70.0 cm³/mol. The highest BCUT2D eigenvalue weighted by molar-refractivity contribution is 6.31. The Balaban J connectivity index is 2.86. The first-order valence-corrected chi connectivity index (χ1v) is 6.13. The third kappa shape index (κ3) is 3.74. The Labute approximate surface area is 111 Å². The van der Waals surface area contributed by atoms with Crippen LogP contribution in [0.3, 0.4) is 0 Å². The first kappa shape index (κ1) is 14.5. The fraction of sp³-hybridized carbons (Fsp3) is 0.385. The Hall–Kier alpha value is -1.55. The van der Waals surface area contributed by atoms with Crippen LogP contribution >= 0.6 is 11.6 Å². The summed E-state index contributed by atoms with van der Waals surface area (Å²) >= 11 is 5.82. The summed E-state index contributed by atoms with van der Waals surface area (Å²) in [5.74, 6) is -1.43. The van der Waals surface area contributed by atoms with Crippen LogP contribution in [0.15, 0.2) is 18.2 Å². The molecule has 0 saturated heterocycles. The monoisotopic (exact) mass is 269 g/mol. The summed E-state index contributed by atoms with van der Waals surface area (Å²) in [5, 5.41) is 11.9. The van der Waals surface area contributed by atoms with Gasteiger partial charge in [-0.25, -0.2) is 4.79 Å². The molecule has 2 N–H and O–H groups in total. The highest BCUT2D eigenvalue weighted by atomic mass is 35.5. The van der Waals surface area contributed by atoms with E-state index in [0.29, 0.717) is 23.4 Å². The number of amides is 1. The largest absolute Gasteiger partial charge is 0.480 e. The van der Waals surface area contributed by atoms with Gasteiger partial charge in [0, 0.05) is 10.6 Å². The van der Waals surface area contributed by atoms with E-state index in [-0.39, 0.29) is 0 Å². The molecule has 0 fully saturated rings. The van der Waals surface area contributed by atoms with Crippen LogP contribution in [0.4, 0.5) is 0 Å². The van der Waals surface area contributed by atoms with E-state index in [1.807, 2.05) is 6.92 Å². The van der Waals surface area contributed by atoms with Crippen molar-refractivity contribution in [2.24, 2.45) is 0 Å². The van der Waals surface area contributed by atoms with Crippen molar-refractivity contribution in [1.29, 1.82) is 0 Å². The van der Waals surface area contributed by atoms with Crippen molar-refractivity contribution < 1.29 is 14.7 Å². The fourth-order valence-electron chi connectivity index (χ4n) is 1.62. The number of carbonyl (C=O) groups excluding carboxylic acids is 1. The van der Waals surface area contributed by atoms with Gasteiger partial charge in [-0.2, -0.15) is 0 Å². The molecule has 5 heteroatoms. The average Bonchev–Trinajstić information content (AvgIpc) is 2.31. The lowest BCUT2D eigenvalue weighted by atomic mass is 10.1. The molecule has 0 spiro atoms. The summed E-state index contributed by atoms with van der Waals surface area (Å²) in [6.07, 6.45) is 1.09. The minimum atomic E-state index is -1.02. The Kier molecular flexibility index (Phi) is 5.16. The fourth-order valence-corrected chi connectivity index (χ4v) is 1.79. The van der Waals surface area contributed by atoms with Gasteiger partial charge in [-0.3, -0.25) is 4.79 Å². The van der Waals surface area contributed by atoms with E-state index < -0.39 is 17.9 Å². The summed E-state index contributed by atoms with van der Waals surface area (Å²) in [5.41, 5.74) is 1.17. The average molecular weight is 270 g/mol. The summed E-state index contributed by atoms with van der Waals surface area (Å²) in [6, 6.07) is 4.10. The van der Waals surface area contributed by atoms with E-state index in [0.717, 1.165) is 5.56 Å². The molecule has 1 amide bonds. The van der Waals surface area contributed by atoms with Gasteiger partial charge >= 0.3 is 5.97 Å². The first-order chi connectivity index (χ1) is 8.45. The lowest BCUT2D eigenvalue weighted by molar-refractivity contribution is -0.139. The molecular weight excluding hydrogens is 254 g/mol. The van der Waals surface area contributed by atoms with E-state index in [4.69, 9.17) is 16.7 Å². The molecule has 4 nitrogen and oxygen atoms in total. The van der Waals surface area contributed by atoms with Gasteiger partial charge < -0.3 is 10.4 Å². The maximum absolute atomic E-state index is 12.0. The zero-order valence-corrected chi connectivity index (χ0v) is 11.1. The molecule has 0 radical (unpaired) electrons. The van der Waals surface area contributed by atoms with Crippen LogP contribution in [0.5, 0.6) is 0 Å². The molecule has 0 heterocycles. The Morgan fingerprint density at radius 2 is 2.11 bits per heavy atom. The van der Waals surface area contributed by atoms with Crippen LogP contribution in [0.2, 0.25) is 5.02 Å². The molecular formula is C13H16ClNO3. The minimum Gasteiger partial charge on any atom is -0.480 e. The van der Waals surface area contributed by atoms with Crippen LogP contribution in [-0.2, 0) is 4.79 Å². The lowest BCUT2D eigenvalue weighted by Gasteiger charge is -2.14. The number of aryl methyl sites for hydroxylation is 1. The number of carboxylic acids is 1. The highest BCUT2D eigenvalue weighted by Crippen LogP contribution is 2.15. The van der Waals surface area contributed by atoms with Crippen LogP contribution in [0, 0.1) is 6.92 Å². The highest BCUT2D eigenvalue weighted by Gasteiger charge is 2.20. The van der Waals surface area contributed by atoms with E-state index >= 15 is 0 Å². The van der Waals surface area contributed by atoms with Gasteiger partial charge in [0.1, 0.15) is 6.04 Å². The van der Waals surface area contributed by atoms with E-state index in [1.165, 1.54) is 6.07 Å². The van der Waals surface area contributed by atoms with Crippen LogP contribution < -0.4 is 5.32 Å². The summed E-state index contributed by atoms with van der Waals surface area (Å²) in [7, 11) is 0. The van der Waals surface area contributed by atoms with Crippen molar-refractivity contribution in [2.45, 2.75) is 32.7 Å². The Morgan fingerprint density at radius 3 is 2.67 bits per heavy atom. The number of benzene rings is 1. The first-order valence-electron chi connectivity index (χ1n) is 5.75. The summed E-state index contributed by atoms with van der Waals surface area (Å²) in [4.78, 5) is 22.9. The van der Waals surface area contributed by atoms with Crippen LogP contribution in [-0.4, -0.2) is 23.0 Å². The van der Waals surface area contributed by atoms with Gasteiger partial charge in [0.05, 0.1) is 0 Å². The molecule has 0 aliphatic heterocycles. The third-order valence-electron chi connectivity index (χ3n) is 2.63. The molecule has 0 saturated carbocycles. The molecule has 1 atom stereocenters. The van der Waals surface area contributed by atoms with E-state index in [2.05, 4.69) is 5.32 Å². The zero-order chi connectivity index (χ0) is 13.7. The topological polar surface area (TPSA) is 66.4 Å². The van der Waals surface area contributed by atoms with Crippen molar-refractivity contribution in [3.05, 3.63) is 34.3 Å². The number of nitrogens with one attached hydrogen (secondary N) is 1. The Morgan fingerprint density at radius 1 is 1.44 bits per heavy atom. The molecule has 0 aliphatic carbocycles. The number of carbonyl (C=O) groups is 2. The predicted octanol–water partition coefficient (Wildman–Crippen LogP) is 2.63. The Bertz CT molecular complexity index is 460. The van der Waals surface area contributed by atoms with Gasteiger partial charge in [-0.1, -0.05) is 31.0 Å². The van der Waals surface area contributed by atoms with Crippen LogP contribution in [0.1, 0.15) is 35.7 Å². The standard InChI is InChI=1S/C13H16ClNO3/c1-3-4-11(13(17)18)15-12(16)10-7-9(14)6-5-8(10)2/h5-7,11H,3-4H2,1-2H3,(H,15,16)(H,17,18)/t11-/m1/s1. The summed E-state index contributed by atoms with van der Waals surface area (Å²) in [6.45, 7) is 3.65. The molecule has 1 rings (SSSR count). The van der Waals surface area contributed by atoms with Crippen molar-refractivity contribution in [1.82, 2.24) is 5.32 Å². The smallest absolute Gasteiger partial charge is 0.326 e. The number of rotatable bonds is 5. The quantitative estimate of drug-likeness (QED) is 0.863. The second kappa shape index (κ2) is 6.40. The van der Waals surface area contributed by atoms with Crippen molar-refractivity contribution >= 4 is 23.5 Å². The molecule has 98 valence electrons.